The molecular weight excluding hydrogens is 441 g/mol. The number of amides is 2. The van der Waals surface area contributed by atoms with E-state index in [4.69, 9.17) is 4.84 Å². The number of benzene rings is 2. The van der Waals surface area contributed by atoms with Gasteiger partial charge < -0.3 is 15.1 Å². The molecule has 0 unspecified atom stereocenters. The van der Waals surface area contributed by atoms with Crippen molar-refractivity contribution in [1.82, 2.24) is 4.90 Å². The highest BCUT2D eigenvalue weighted by molar-refractivity contribution is 7.98. The molecule has 1 aliphatic heterocycles. The summed E-state index contributed by atoms with van der Waals surface area (Å²) in [5, 5.41) is 6.67. The molecule has 1 N–H and O–H groups in total. The number of halogens is 3. The predicted molar refractivity (Wildman–Crippen MR) is 122 cm³/mol. The van der Waals surface area contributed by atoms with Crippen molar-refractivity contribution in [2.75, 3.05) is 50.3 Å². The molecule has 32 heavy (non-hydrogen) atoms. The van der Waals surface area contributed by atoms with Crippen LogP contribution in [0.1, 0.15) is 16.7 Å². The minimum atomic E-state index is -4.49. The van der Waals surface area contributed by atoms with Crippen LogP contribution in [0.4, 0.5) is 29.3 Å². The standard InChI is InChI=1S/C22H25F3N4O2S/c1-28(2)9-10-31-26-14-15-5-4-6-17(11-15)27-21(30)29-8-7-16-12-20(32-3)18(13-19(16)29)22(23,24)25/h4-6,11-14H,7-10H2,1-3H3,(H,27,30). The molecule has 2 aromatic carbocycles. The zero-order chi connectivity index (χ0) is 23.3. The number of nitrogens with one attached hydrogen (secondary N) is 1. The lowest BCUT2D eigenvalue weighted by Crippen LogP contribution is -2.33. The Morgan fingerprint density at radius 2 is 2.09 bits per heavy atom. The Labute approximate surface area is 189 Å². The molecule has 3 rings (SSSR count). The first kappa shape index (κ1) is 23.9. The number of rotatable bonds is 7. The number of hydrogen-bond donors (Lipinski definition) is 1. The van der Waals surface area contributed by atoms with Crippen LogP contribution >= 0.6 is 11.8 Å². The van der Waals surface area contributed by atoms with Crippen molar-refractivity contribution in [1.29, 1.82) is 0 Å². The Bertz CT molecular complexity index is 996. The van der Waals surface area contributed by atoms with Crippen molar-refractivity contribution in [2.45, 2.75) is 17.5 Å². The molecule has 0 fully saturated rings. The van der Waals surface area contributed by atoms with Crippen LogP contribution in [0.5, 0.6) is 0 Å². The Hall–Kier alpha value is -2.72. The number of likely N-dealkylation sites (N-methyl/N-ethyl adjacent to an activating group) is 1. The normalized spacial score (nSPS) is 13.7. The highest BCUT2D eigenvalue weighted by Crippen LogP contribution is 2.42. The summed E-state index contributed by atoms with van der Waals surface area (Å²) in [7, 11) is 3.87. The van der Waals surface area contributed by atoms with Crippen molar-refractivity contribution in [3.63, 3.8) is 0 Å². The second kappa shape index (κ2) is 10.3. The Morgan fingerprint density at radius 3 is 2.78 bits per heavy atom. The van der Waals surface area contributed by atoms with Gasteiger partial charge in [0.25, 0.3) is 0 Å². The van der Waals surface area contributed by atoms with Crippen LogP contribution in [0.2, 0.25) is 0 Å². The SMILES string of the molecule is CSc1cc2c(cc1C(F)(F)F)N(C(=O)Nc1cccc(C=NOCCN(C)C)c1)CC2. The number of nitrogens with zero attached hydrogens (tertiary/aromatic N) is 3. The highest BCUT2D eigenvalue weighted by atomic mass is 32.2. The summed E-state index contributed by atoms with van der Waals surface area (Å²) in [6.45, 7) is 1.50. The smallest absolute Gasteiger partial charge is 0.394 e. The van der Waals surface area contributed by atoms with Gasteiger partial charge in [0.15, 0.2) is 0 Å². The second-order valence-corrected chi connectivity index (χ2v) is 8.36. The van der Waals surface area contributed by atoms with Gasteiger partial charge in [0, 0.05) is 29.4 Å². The number of anilines is 2. The summed E-state index contributed by atoms with van der Waals surface area (Å²) in [4.78, 5) is 21.5. The van der Waals surface area contributed by atoms with E-state index >= 15 is 0 Å². The zero-order valence-electron chi connectivity index (χ0n) is 18.1. The Morgan fingerprint density at radius 1 is 1.31 bits per heavy atom. The number of carbonyl (C=O) groups is 1. The van der Waals surface area contributed by atoms with E-state index in [1.165, 1.54) is 17.2 Å². The third-order valence-corrected chi connectivity index (χ3v) is 5.67. The lowest BCUT2D eigenvalue weighted by atomic mass is 10.1. The van der Waals surface area contributed by atoms with Gasteiger partial charge in [0.05, 0.1) is 11.8 Å². The summed E-state index contributed by atoms with van der Waals surface area (Å²) in [5.74, 6) is 0. The first-order chi connectivity index (χ1) is 15.2. The van der Waals surface area contributed by atoms with Gasteiger partial charge in [0.1, 0.15) is 6.61 Å². The second-order valence-electron chi connectivity index (χ2n) is 7.51. The third-order valence-electron chi connectivity index (χ3n) is 4.89. The van der Waals surface area contributed by atoms with E-state index in [-0.39, 0.29) is 4.90 Å². The van der Waals surface area contributed by atoms with Crippen LogP contribution in [0.15, 0.2) is 46.4 Å². The number of fused-ring (bicyclic) bond motifs is 1. The first-order valence-electron chi connectivity index (χ1n) is 9.96. The number of carbonyl (C=O) groups excluding carboxylic acids is 1. The van der Waals surface area contributed by atoms with Crippen LogP contribution in [-0.4, -0.2) is 57.2 Å². The Kier molecular flexibility index (Phi) is 7.68. The maximum Gasteiger partial charge on any atom is 0.417 e. The summed E-state index contributed by atoms with van der Waals surface area (Å²) < 4.78 is 40.4. The molecular formula is C22H25F3N4O2S. The zero-order valence-corrected chi connectivity index (χ0v) is 18.9. The van der Waals surface area contributed by atoms with Gasteiger partial charge >= 0.3 is 12.2 Å². The molecule has 0 aromatic heterocycles. The number of urea groups is 1. The molecule has 0 aliphatic carbocycles. The van der Waals surface area contributed by atoms with E-state index in [2.05, 4.69) is 10.5 Å². The molecule has 6 nitrogen and oxygen atoms in total. The molecule has 0 saturated carbocycles. The van der Waals surface area contributed by atoms with Gasteiger partial charge in [-0.1, -0.05) is 17.3 Å². The van der Waals surface area contributed by atoms with Crippen LogP contribution in [-0.2, 0) is 17.4 Å². The van der Waals surface area contributed by atoms with E-state index in [0.717, 1.165) is 35.5 Å². The summed E-state index contributed by atoms with van der Waals surface area (Å²) >= 11 is 1.05. The number of oxime groups is 1. The molecule has 172 valence electrons. The topological polar surface area (TPSA) is 57.2 Å². The maximum atomic E-state index is 13.5. The highest BCUT2D eigenvalue weighted by Gasteiger charge is 2.36. The number of thioether (sulfide) groups is 1. The molecule has 2 amide bonds. The molecule has 0 bridgehead atoms. The molecule has 0 saturated heterocycles. The number of hydrogen-bond acceptors (Lipinski definition) is 5. The van der Waals surface area contributed by atoms with E-state index < -0.39 is 17.8 Å². The van der Waals surface area contributed by atoms with E-state index in [0.29, 0.717) is 30.9 Å². The fourth-order valence-corrected chi connectivity index (χ4v) is 3.93. The molecule has 1 heterocycles. The van der Waals surface area contributed by atoms with Crippen molar-refractivity contribution in [3.8, 4) is 0 Å². The summed E-state index contributed by atoms with van der Waals surface area (Å²) in [6.07, 6.45) is -0.832. The summed E-state index contributed by atoms with van der Waals surface area (Å²) in [6, 6.07) is 9.10. The minimum absolute atomic E-state index is 0.165. The van der Waals surface area contributed by atoms with Crippen LogP contribution < -0.4 is 10.2 Å². The molecule has 0 atom stereocenters. The quantitative estimate of drug-likeness (QED) is 0.272. The van der Waals surface area contributed by atoms with Gasteiger partial charge in [-0.05, 0) is 62.2 Å². The van der Waals surface area contributed by atoms with Gasteiger partial charge in [-0.3, -0.25) is 4.90 Å². The monoisotopic (exact) mass is 466 g/mol. The van der Waals surface area contributed by atoms with E-state index in [1.807, 2.05) is 19.0 Å². The van der Waals surface area contributed by atoms with Gasteiger partial charge in [0.2, 0.25) is 0 Å². The molecule has 1 aliphatic rings. The molecule has 2 aromatic rings. The predicted octanol–water partition coefficient (Wildman–Crippen LogP) is 4.93. The number of alkyl halides is 3. The van der Waals surface area contributed by atoms with Crippen LogP contribution in [0.25, 0.3) is 0 Å². The maximum absolute atomic E-state index is 13.5. The van der Waals surface area contributed by atoms with Crippen molar-refractivity contribution in [2.24, 2.45) is 5.16 Å². The van der Waals surface area contributed by atoms with Crippen LogP contribution in [0.3, 0.4) is 0 Å². The molecule has 0 radical (unpaired) electrons. The lowest BCUT2D eigenvalue weighted by molar-refractivity contribution is -0.139. The summed E-state index contributed by atoms with van der Waals surface area (Å²) in [5.41, 5.74) is 1.53. The minimum Gasteiger partial charge on any atom is -0.394 e. The van der Waals surface area contributed by atoms with Crippen molar-refractivity contribution in [3.05, 3.63) is 53.1 Å². The van der Waals surface area contributed by atoms with Crippen molar-refractivity contribution >= 4 is 35.4 Å². The van der Waals surface area contributed by atoms with Crippen molar-refractivity contribution < 1.29 is 22.8 Å². The fraction of sp³-hybridized carbons (Fsp3) is 0.364. The molecule has 10 heteroatoms. The largest absolute Gasteiger partial charge is 0.417 e. The van der Waals surface area contributed by atoms with Gasteiger partial charge in [-0.25, -0.2) is 4.79 Å². The average molecular weight is 467 g/mol. The van der Waals surface area contributed by atoms with Gasteiger partial charge in [-0.2, -0.15) is 13.2 Å². The average Bonchev–Trinajstić information content (AvgIpc) is 3.15. The van der Waals surface area contributed by atoms with E-state index in [9.17, 15) is 18.0 Å². The third kappa shape index (κ3) is 5.95. The first-order valence-corrected chi connectivity index (χ1v) is 11.2. The lowest BCUT2D eigenvalue weighted by Gasteiger charge is -2.20. The van der Waals surface area contributed by atoms with Crippen LogP contribution in [0, 0.1) is 0 Å². The van der Waals surface area contributed by atoms with Gasteiger partial charge in [-0.15, -0.1) is 11.8 Å². The van der Waals surface area contributed by atoms with E-state index in [1.54, 1.807) is 30.5 Å². The Balaban J connectivity index is 1.71. The molecule has 0 spiro atoms. The fourth-order valence-electron chi connectivity index (χ4n) is 3.28.